The van der Waals surface area contributed by atoms with Crippen molar-refractivity contribution < 1.29 is 18.0 Å². The second-order valence-corrected chi connectivity index (χ2v) is 10.2. The number of carbonyl (C=O) groups is 2. The molecule has 2 amide bonds. The van der Waals surface area contributed by atoms with Gasteiger partial charge in [0.15, 0.2) is 0 Å². The van der Waals surface area contributed by atoms with Crippen LogP contribution in [-0.2, 0) is 32.6 Å². The first kappa shape index (κ1) is 19.4. The van der Waals surface area contributed by atoms with E-state index in [1.54, 1.807) is 0 Å². The summed E-state index contributed by atoms with van der Waals surface area (Å²) < 4.78 is 24.6. The van der Waals surface area contributed by atoms with Crippen LogP contribution in [0.15, 0.2) is 18.2 Å². The molecule has 0 radical (unpaired) electrons. The number of piperidine rings is 1. The normalized spacial score (nSPS) is 21.2. The van der Waals surface area contributed by atoms with E-state index in [-0.39, 0.29) is 23.7 Å². The van der Waals surface area contributed by atoms with Crippen molar-refractivity contribution >= 4 is 27.5 Å². The van der Waals surface area contributed by atoms with E-state index >= 15 is 0 Å². The SMILES string of the molecule is CS(=O)(=O)N1CCC(C(=O)Nc2ccc3c(c2)CN(C(=O)C2CC2)CC3)CC1. The van der Waals surface area contributed by atoms with E-state index in [1.165, 1.54) is 16.1 Å². The molecule has 2 heterocycles. The quantitative estimate of drug-likeness (QED) is 0.824. The minimum Gasteiger partial charge on any atom is -0.338 e. The van der Waals surface area contributed by atoms with E-state index in [9.17, 15) is 18.0 Å². The molecule has 1 aromatic carbocycles. The minimum absolute atomic E-state index is 0.0603. The standard InChI is InChI=1S/C20H27N3O4S/c1-28(26,27)23-10-7-15(8-11-23)19(24)21-18-5-4-14-6-9-22(13-17(14)12-18)20(25)16-2-3-16/h4-5,12,15-16H,2-3,6-11,13H2,1H3,(H,21,24). The van der Waals surface area contributed by atoms with Gasteiger partial charge in [-0.15, -0.1) is 0 Å². The molecule has 0 bridgehead atoms. The number of anilines is 1. The van der Waals surface area contributed by atoms with Gasteiger partial charge in [-0.1, -0.05) is 6.07 Å². The number of nitrogens with zero attached hydrogens (tertiary/aromatic N) is 2. The number of benzene rings is 1. The summed E-state index contributed by atoms with van der Waals surface area (Å²) in [4.78, 5) is 26.9. The van der Waals surface area contributed by atoms with E-state index in [0.29, 0.717) is 32.5 Å². The molecule has 0 atom stereocenters. The Kier molecular flexibility index (Phi) is 5.18. The molecular formula is C20H27N3O4S. The van der Waals surface area contributed by atoms with Gasteiger partial charge in [0.1, 0.15) is 0 Å². The Labute approximate surface area is 166 Å². The maximum absolute atomic E-state index is 12.6. The number of hydrogen-bond donors (Lipinski definition) is 1. The second-order valence-electron chi connectivity index (χ2n) is 8.19. The van der Waals surface area contributed by atoms with Crippen LogP contribution in [0, 0.1) is 11.8 Å². The first-order valence-corrected chi connectivity index (χ1v) is 11.8. The first-order chi connectivity index (χ1) is 13.3. The van der Waals surface area contributed by atoms with Gasteiger partial charge in [-0.3, -0.25) is 9.59 Å². The zero-order valence-corrected chi connectivity index (χ0v) is 17.0. The van der Waals surface area contributed by atoms with Crippen molar-refractivity contribution in [1.29, 1.82) is 0 Å². The molecule has 0 unspecified atom stereocenters. The van der Waals surface area contributed by atoms with E-state index in [1.807, 2.05) is 23.1 Å². The van der Waals surface area contributed by atoms with E-state index in [4.69, 9.17) is 0 Å². The van der Waals surface area contributed by atoms with Crippen LogP contribution < -0.4 is 5.32 Å². The van der Waals surface area contributed by atoms with Crippen molar-refractivity contribution in [2.24, 2.45) is 11.8 Å². The molecule has 152 valence electrons. The van der Waals surface area contributed by atoms with Crippen LogP contribution in [0.4, 0.5) is 5.69 Å². The molecule has 1 saturated carbocycles. The van der Waals surface area contributed by atoms with Crippen LogP contribution in [0.1, 0.15) is 36.8 Å². The third kappa shape index (κ3) is 4.22. The number of hydrogen-bond acceptors (Lipinski definition) is 4. The molecule has 4 rings (SSSR count). The fraction of sp³-hybridized carbons (Fsp3) is 0.600. The van der Waals surface area contributed by atoms with Gasteiger partial charge >= 0.3 is 0 Å². The second kappa shape index (κ2) is 7.48. The number of rotatable bonds is 4. The molecule has 8 heteroatoms. The number of amides is 2. The predicted octanol–water partition coefficient (Wildman–Crippen LogP) is 1.59. The highest BCUT2D eigenvalue weighted by Gasteiger charge is 2.34. The topological polar surface area (TPSA) is 86.8 Å². The smallest absolute Gasteiger partial charge is 0.227 e. The van der Waals surface area contributed by atoms with Gasteiger partial charge in [-0.05, 0) is 55.4 Å². The van der Waals surface area contributed by atoms with Gasteiger partial charge in [0.2, 0.25) is 21.8 Å². The molecule has 3 aliphatic rings. The lowest BCUT2D eigenvalue weighted by atomic mass is 9.96. The fourth-order valence-corrected chi connectivity index (χ4v) is 4.98. The fourth-order valence-electron chi connectivity index (χ4n) is 4.11. The Morgan fingerprint density at radius 1 is 1.00 bits per heavy atom. The average molecular weight is 406 g/mol. The molecule has 7 nitrogen and oxygen atoms in total. The molecule has 1 N–H and O–H groups in total. The third-order valence-electron chi connectivity index (χ3n) is 6.02. The maximum atomic E-state index is 12.6. The van der Waals surface area contributed by atoms with Crippen LogP contribution in [0.5, 0.6) is 0 Å². The number of nitrogens with one attached hydrogen (secondary N) is 1. The van der Waals surface area contributed by atoms with E-state index in [2.05, 4.69) is 5.32 Å². The van der Waals surface area contributed by atoms with Gasteiger partial charge in [0.05, 0.1) is 6.26 Å². The van der Waals surface area contributed by atoms with Gasteiger partial charge in [0, 0.05) is 43.7 Å². The summed E-state index contributed by atoms with van der Waals surface area (Å²) in [6.07, 6.45) is 5.15. The Morgan fingerprint density at radius 2 is 1.71 bits per heavy atom. The molecule has 28 heavy (non-hydrogen) atoms. The van der Waals surface area contributed by atoms with Crippen molar-refractivity contribution in [3.05, 3.63) is 29.3 Å². The number of carbonyl (C=O) groups excluding carboxylic acids is 2. The zero-order chi connectivity index (χ0) is 19.9. The lowest BCUT2D eigenvalue weighted by Gasteiger charge is -2.30. The molecule has 2 fully saturated rings. The third-order valence-corrected chi connectivity index (χ3v) is 7.32. The van der Waals surface area contributed by atoms with Crippen LogP contribution >= 0.6 is 0 Å². The van der Waals surface area contributed by atoms with Crippen molar-refractivity contribution in [2.45, 2.75) is 38.6 Å². The maximum Gasteiger partial charge on any atom is 0.227 e. The van der Waals surface area contributed by atoms with Crippen molar-refractivity contribution in [2.75, 3.05) is 31.2 Å². The summed E-state index contributed by atoms with van der Waals surface area (Å²) in [6.45, 7) is 2.16. The van der Waals surface area contributed by atoms with Crippen LogP contribution in [0.3, 0.4) is 0 Å². The van der Waals surface area contributed by atoms with Crippen LogP contribution in [0.25, 0.3) is 0 Å². The van der Waals surface area contributed by atoms with Crippen LogP contribution in [0.2, 0.25) is 0 Å². The number of fused-ring (bicyclic) bond motifs is 1. The largest absolute Gasteiger partial charge is 0.338 e. The molecule has 1 aromatic rings. The summed E-state index contributed by atoms with van der Waals surface area (Å²) >= 11 is 0. The summed E-state index contributed by atoms with van der Waals surface area (Å²) in [5, 5.41) is 2.98. The van der Waals surface area contributed by atoms with Crippen molar-refractivity contribution in [3.8, 4) is 0 Å². The highest BCUT2D eigenvalue weighted by Crippen LogP contribution is 2.33. The van der Waals surface area contributed by atoms with E-state index in [0.717, 1.165) is 37.1 Å². The minimum atomic E-state index is -3.19. The molecule has 1 saturated heterocycles. The highest BCUT2D eigenvalue weighted by atomic mass is 32.2. The predicted molar refractivity (Wildman–Crippen MR) is 106 cm³/mol. The Hall–Kier alpha value is -1.93. The van der Waals surface area contributed by atoms with Crippen molar-refractivity contribution in [1.82, 2.24) is 9.21 Å². The summed E-state index contributed by atoms with van der Waals surface area (Å²) in [5.41, 5.74) is 3.08. The Balaban J connectivity index is 1.37. The monoisotopic (exact) mass is 405 g/mol. The zero-order valence-electron chi connectivity index (χ0n) is 16.2. The molecule has 0 aromatic heterocycles. The molecule has 2 aliphatic heterocycles. The van der Waals surface area contributed by atoms with Crippen LogP contribution in [-0.4, -0.2) is 55.3 Å². The Bertz CT molecular complexity index is 887. The summed E-state index contributed by atoms with van der Waals surface area (Å²) in [6, 6.07) is 5.93. The van der Waals surface area contributed by atoms with Gasteiger partial charge in [-0.25, -0.2) is 12.7 Å². The average Bonchev–Trinajstić information content (AvgIpc) is 3.51. The lowest BCUT2D eigenvalue weighted by Crippen LogP contribution is -2.41. The molecule has 0 spiro atoms. The van der Waals surface area contributed by atoms with Gasteiger partial charge < -0.3 is 10.2 Å². The van der Waals surface area contributed by atoms with Gasteiger partial charge in [-0.2, -0.15) is 0 Å². The first-order valence-electron chi connectivity index (χ1n) is 9.98. The van der Waals surface area contributed by atoms with E-state index < -0.39 is 10.0 Å². The highest BCUT2D eigenvalue weighted by molar-refractivity contribution is 7.88. The summed E-state index contributed by atoms with van der Waals surface area (Å²) in [5.74, 6) is 0.247. The molecule has 1 aliphatic carbocycles. The molecular weight excluding hydrogens is 378 g/mol. The number of sulfonamides is 1. The Morgan fingerprint density at radius 3 is 2.36 bits per heavy atom. The van der Waals surface area contributed by atoms with Gasteiger partial charge in [0.25, 0.3) is 0 Å². The van der Waals surface area contributed by atoms with Crippen molar-refractivity contribution in [3.63, 3.8) is 0 Å². The lowest BCUT2D eigenvalue weighted by molar-refractivity contribution is -0.133. The summed E-state index contributed by atoms with van der Waals surface area (Å²) in [7, 11) is -3.19.